The molecule has 9 heteroatoms. The lowest BCUT2D eigenvalue weighted by molar-refractivity contribution is -0.115. The monoisotopic (exact) mass is 490 g/mol. The Morgan fingerprint density at radius 2 is 1.77 bits per heavy atom. The maximum atomic E-state index is 13.5. The number of aromatic nitrogens is 3. The number of amides is 1. The number of ether oxygens (including phenoxy) is 2. The molecular weight excluding hydrogens is 467 g/mol. The van der Waals surface area contributed by atoms with Gasteiger partial charge in [0.15, 0.2) is 22.5 Å². The zero-order valence-electron chi connectivity index (χ0n) is 19.0. The molecule has 0 saturated heterocycles. The first-order valence-corrected chi connectivity index (χ1v) is 12.0. The number of rotatable bonds is 7. The predicted molar refractivity (Wildman–Crippen MR) is 132 cm³/mol. The van der Waals surface area contributed by atoms with Crippen LogP contribution < -0.4 is 14.8 Å². The molecular formula is C26H23FN4O3S. The molecule has 1 N–H and O–H groups in total. The summed E-state index contributed by atoms with van der Waals surface area (Å²) in [6.07, 6.45) is 0. The van der Waals surface area contributed by atoms with Crippen molar-refractivity contribution in [2.45, 2.75) is 23.9 Å². The van der Waals surface area contributed by atoms with Gasteiger partial charge in [0, 0.05) is 17.3 Å². The standard InChI is InChI=1S/C26H23FN4O3S/c1-17(25(32)28-21-11-12-22-23(15-21)34-14-13-33-22)35-26-30-29-24(19-7-9-20(27)10-8-19)31(26)16-18-5-3-2-4-6-18/h2-12,15,17H,13-14,16H2,1H3,(H,28,32)/t17-/m0/s1. The van der Waals surface area contributed by atoms with Gasteiger partial charge >= 0.3 is 0 Å². The molecule has 1 aliphatic heterocycles. The molecule has 178 valence electrons. The van der Waals surface area contributed by atoms with Gasteiger partial charge in [0.05, 0.1) is 11.8 Å². The van der Waals surface area contributed by atoms with Crippen molar-refractivity contribution in [3.63, 3.8) is 0 Å². The van der Waals surface area contributed by atoms with Gasteiger partial charge in [0.2, 0.25) is 5.91 Å². The summed E-state index contributed by atoms with van der Waals surface area (Å²) in [6.45, 7) is 3.32. The van der Waals surface area contributed by atoms with E-state index in [0.717, 1.165) is 11.1 Å². The number of halogens is 1. The highest BCUT2D eigenvalue weighted by Crippen LogP contribution is 2.33. The lowest BCUT2D eigenvalue weighted by Crippen LogP contribution is -2.23. The van der Waals surface area contributed by atoms with Crippen LogP contribution in [0.2, 0.25) is 0 Å². The van der Waals surface area contributed by atoms with Gasteiger partial charge in [-0.3, -0.25) is 9.36 Å². The van der Waals surface area contributed by atoms with Crippen molar-refractivity contribution in [3.8, 4) is 22.9 Å². The van der Waals surface area contributed by atoms with Gasteiger partial charge in [-0.2, -0.15) is 0 Å². The highest BCUT2D eigenvalue weighted by Gasteiger charge is 2.22. The molecule has 0 fully saturated rings. The first kappa shape index (κ1) is 22.9. The van der Waals surface area contributed by atoms with Crippen LogP contribution in [0.15, 0.2) is 78.0 Å². The number of benzene rings is 3. The third kappa shape index (κ3) is 5.30. The fourth-order valence-electron chi connectivity index (χ4n) is 3.67. The fourth-order valence-corrected chi connectivity index (χ4v) is 4.52. The molecule has 0 saturated carbocycles. The molecule has 4 aromatic rings. The number of carbonyl (C=O) groups excluding carboxylic acids is 1. The molecule has 2 heterocycles. The van der Waals surface area contributed by atoms with Gasteiger partial charge in [-0.05, 0) is 48.9 Å². The maximum Gasteiger partial charge on any atom is 0.237 e. The highest BCUT2D eigenvalue weighted by molar-refractivity contribution is 8.00. The maximum absolute atomic E-state index is 13.5. The van der Waals surface area contributed by atoms with Gasteiger partial charge in [0.25, 0.3) is 0 Å². The Bertz CT molecular complexity index is 1330. The average molecular weight is 491 g/mol. The van der Waals surface area contributed by atoms with Crippen LogP contribution in [0.25, 0.3) is 11.4 Å². The second kappa shape index (κ2) is 10.2. The second-order valence-corrected chi connectivity index (χ2v) is 9.30. The number of hydrogen-bond donors (Lipinski definition) is 1. The number of nitrogens with zero attached hydrogens (tertiary/aromatic N) is 3. The fraction of sp³-hybridized carbons (Fsp3) is 0.192. The summed E-state index contributed by atoms with van der Waals surface area (Å²) in [6, 6.07) is 21.4. The first-order chi connectivity index (χ1) is 17.1. The number of carbonyl (C=O) groups is 1. The third-order valence-electron chi connectivity index (χ3n) is 5.46. The van der Waals surface area contributed by atoms with E-state index in [9.17, 15) is 9.18 Å². The van der Waals surface area contributed by atoms with Gasteiger partial charge in [-0.15, -0.1) is 10.2 Å². The minimum atomic E-state index is -0.456. The topological polar surface area (TPSA) is 78.3 Å². The van der Waals surface area contributed by atoms with E-state index in [1.807, 2.05) is 41.8 Å². The zero-order valence-corrected chi connectivity index (χ0v) is 19.8. The quantitative estimate of drug-likeness (QED) is 0.367. The molecule has 3 aromatic carbocycles. The van der Waals surface area contributed by atoms with Crippen molar-refractivity contribution in [1.29, 1.82) is 0 Å². The normalized spacial score (nSPS) is 13.3. The van der Waals surface area contributed by atoms with Gasteiger partial charge in [0.1, 0.15) is 19.0 Å². The molecule has 1 aromatic heterocycles. The lowest BCUT2D eigenvalue weighted by Gasteiger charge is -2.19. The SMILES string of the molecule is C[C@H](Sc1nnc(-c2ccc(F)cc2)n1Cc1ccccc1)C(=O)Nc1ccc2c(c1)OCCO2. The van der Waals surface area contributed by atoms with Crippen LogP contribution in [0.1, 0.15) is 12.5 Å². The summed E-state index contributed by atoms with van der Waals surface area (Å²) in [7, 11) is 0. The summed E-state index contributed by atoms with van der Waals surface area (Å²) in [4.78, 5) is 13.0. The number of anilines is 1. The Labute approximate surface area is 206 Å². The van der Waals surface area contributed by atoms with Crippen molar-refractivity contribution < 1.29 is 18.7 Å². The molecule has 7 nitrogen and oxygen atoms in total. The molecule has 1 aliphatic rings. The number of fused-ring (bicyclic) bond motifs is 1. The summed E-state index contributed by atoms with van der Waals surface area (Å²) < 4.78 is 26.6. The van der Waals surface area contributed by atoms with Crippen LogP contribution in [-0.2, 0) is 11.3 Å². The van der Waals surface area contributed by atoms with Crippen molar-refractivity contribution in [3.05, 3.63) is 84.2 Å². The Hall–Kier alpha value is -3.85. The lowest BCUT2D eigenvalue weighted by atomic mass is 10.2. The Kier molecular flexibility index (Phi) is 6.67. The Morgan fingerprint density at radius 3 is 2.54 bits per heavy atom. The van der Waals surface area contributed by atoms with Crippen molar-refractivity contribution >= 4 is 23.4 Å². The average Bonchev–Trinajstić information content (AvgIpc) is 3.26. The molecule has 0 unspecified atom stereocenters. The van der Waals surface area contributed by atoms with E-state index in [2.05, 4.69) is 15.5 Å². The number of nitrogens with one attached hydrogen (secondary N) is 1. The molecule has 5 rings (SSSR count). The van der Waals surface area contributed by atoms with Crippen molar-refractivity contribution in [1.82, 2.24) is 14.8 Å². The summed E-state index contributed by atoms with van der Waals surface area (Å²) in [5.41, 5.74) is 2.44. The van der Waals surface area contributed by atoms with Gasteiger partial charge < -0.3 is 14.8 Å². The molecule has 0 aliphatic carbocycles. The Morgan fingerprint density at radius 1 is 1.03 bits per heavy atom. The largest absolute Gasteiger partial charge is 0.486 e. The van der Waals surface area contributed by atoms with Gasteiger partial charge in [-0.1, -0.05) is 42.1 Å². The van der Waals surface area contributed by atoms with Crippen LogP contribution in [0.5, 0.6) is 11.5 Å². The van der Waals surface area contributed by atoms with Crippen molar-refractivity contribution in [2.24, 2.45) is 0 Å². The minimum absolute atomic E-state index is 0.177. The van der Waals surface area contributed by atoms with E-state index in [-0.39, 0.29) is 11.7 Å². The molecule has 0 bridgehead atoms. The van der Waals surface area contributed by atoms with Crippen LogP contribution >= 0.6 is 11.8 Å². The van der Waals surface area contributed by atoms with Crippen LogP contribution in [0.4, 0.5) is 10.1 Å². The number of thioether (sulfide) groups is 1. The van der Waals surface area contributed by atoms with E-state index in [0.29, 0.717) is 47.9 Å². The minimum Gasteiger partial charge on any atom is -0.486 e. The summed E-state index contributed by atoms with van der Waals surface area (Å²) >= 11 is 1.31. The summed E-state index contributed by atoms with van der Waals surface area (Å²) in [5.74, 6) is 1.39. The van der Waals surface area contributed by atoms with E-state index >= 15 is 0 Å². The van der Waals surface area contributed by atoms with E-state index in [1.165, 1.54) is 23.9 Å². The first-order valence-electron chi connectivity index (χ1n) is 11.2. The Balaban J connectivity index is 1.36. The van der Waals surface area contributed by atoms with Crippen LogP contribution in [-0.4, -0.2) is 39.1 Å². The predicted octanol–water partition coefficient (Wildman–Crippen LogP) is 5.02. The van der Waals surface area contributed by atoms with Crippen LogP contribution in [0, 0.1) is 5.82 Å². The van der Waals surface area contributed by atoms with E-state index in [4.69, 9.17) is 9.47 Å². The highest BCUT2D eigenvalue weighted by atomic mass is 32.2. The second-order valence-electron chi connectivity index (χ2n) is 7.99. The smallest absolute Gasteiger partial charge is 0.237 e. The molecule has 0 spiro atoms. The van der Waals surface area contributed by atoms with E-state index < -0.39 is 5.25 Å². The molecule has 1 amide bonds. The molecule has 1 atom stereocenters. The summed E-state index contributed by atoms with van der Waals surface area (Å²) in [5, 5.41) is 11.8. The van der Waals surface area contributed by atoms with Crippen molar-refractivity contribution in [2.75, 3.05) is 18.5 Å². The molecule has 35 heavy (non-hydrogen) atoms. The third-order valence-corrected chi connectivity index (χ3v) is 6.54. The van der Waals surface area contributed by atoms with Gasteiger partial charge in [-0.25, -0.2) is 4.39 Å². The number of hydrogen-bond acceptors (Lipinski definition) is 6. The van der Waals surface area contributed by atoms with Crippen LogP contribution in [0.3, 0.4) is 0 Å². The van der Waals surface area contributed by atoms with E-state index in [1.54, 1.807) is 30.3 Å². The molecule has 0 radical (unpaired) electrons. The zero-order chi connectivity index (χ0) is 24.2.